The molecule has 0 aromatic carbocycles. The number of nitrogens with two attached hydrogens (primary N) is 1. The van der Waals surface area contributed by atoms with E-state index in [1.807, 2.05) is 0 Å². The SMILES string of the molecule is NC(=O)/C=C\C(=O)O.[Cl-].[Cl-].[Cl-].[Na+].[Zn+2]. The fraction of sp³-hybridized carbons (Fsp3) is 0. The van der Waals surface area contributed by atoms with E-state index in [-0.39, 0.29) is 86.3 Å². The van der Waals surface area contributed by atoms with Crippen molar-refractivity contribution in [3.05, 3.63) is 12.2 Å². The van der Waals surface area contributed by atoms with Gasteiger partial charge in [-0.15, -0.1) is 0 Å². The average Bonchev–Trinajstić information content (AvgIpc) is 1.61. The number of hydrogen-bond acceptors (Lipinski definition) is 2. The summed E-state index contributed by atoms with van der Waals surface area (Å²) in [5.74, 6) is -1.93. The number of primary amides is 1. The summed E-state index contributed by atoms with van der Waals surface area (Å²) in [5, 5.41) is 7.87. The molecule has 0 atom stereocenters. The molecule has 0 fully saturated rings. The van der Waals surface area contributed by atoms with Crippen molar-refractivity contribution >= 4 is 11.9 Å². The number of aliphatic carboxylic acids is 1. The smallest absolute Gasteiger partial charge is 1.00 e. The number of carboxylic acid groups (broad SMARTS) is 1. The van der Waals surface area contributed by atoms with E-state index in [2.05, 4.69) is 5.73 Å². The first kappa shape index (κ1) is 36.8. The van der Waals surface area contributed by atoms with E-state index in [1.165, 1.54) is 0 Å². The summed E-state index contributed by atoms with van der Waals surface area (Å²) in [4.78, 5) is 19.4. The van der Waals surface area contributed by atoms with Gasteiger partial charge >= 0.3 is 55.0 Å². The Morgan fingerprint density at radius 2 is 1.38 bits per heavy atom. The fourth-order valence-corrected chi connectivity index (χ4v) is 0.153. The first-order chi connectivity index (χ1) is 3.63. The molecule has 0 bridgehead atoms. The Morgan fingerprint density at radius 1 is 1.08 bits per heavy atom. The number of halogens is 3. The third-order valence-electron chi connectivity index (χ3n) is 0.390. The van der Waals surface area contributed by atoms with Crippen molar-refractivity contribution in [2.24, 2.45) is 5.73 Å². The van der Waals surface area contributed by atoms with Gasteiger partial charge in [0.15, 0.2) is 0 Å². The van der Waals surface area contributed by atoms with Crippen molar-refractivity contribution in [2.45, 2.75) is 0 Å². The predicted molar refractivity (Wildman–Crippen MR) is 26.0 cm³/mol. The van der Waals surface area contributed by atoms with E-state index in [9.17, 15) is 9.59 Å². The van der Waals surface area contributed by atoms with Gasteiger partial charge in [-0.2, -0.15) is 0 Å². The third-order valence-corrected chi connectivity index (χ3v) is 0.390. The molecule has 0 aromatic heterocycles. The number of carboxylic acids is 1. The Kier molecular flexibility index (Phi) is 65.7. The second-order valence-corrected chi connectivity index (χ2v) is 1.07. The van der Waals surface area contributed by atoms with Crippen LogP contribution >= 0.6 is 0 Å². The molecule has 68 valence electrons. The van der Waals surface area contributed by atoms with Gasteiger partial charge in [0.05, 0.1) is 0 Å². The maximum atomic E-state index is 9.78. The molecule has 0 heterocycles. The molecule has 0 saturated heterocycles. The largest absolute Gasteiger partial charge is 2.00 e. The summed E-state index contributed by atoms with van der Waals surface area (Å²) in [5.41, 5.74) is 4.55. The van der Waals surface area contributed by atoms with Gasteiger partial charge in [0, 0.05) is 12.2 Å². The predicted octanol–water partition coefficient (Wildman–Crippen LogP) is -12.9. The molecule has 0 radical (unpaired) electrons. The van der Waals surface area contributed by atoms with E-state index in [1.54, 1.807) is 0 Å². The Labute approximate surface area is 129 Å². The second kappa shape index (κ2) is 23.2. The van der Waals surface area contributed by atoms with Gasteiger partial charge in [0.25, 0.3) is 0 Å². The average molecular weight is 310 g/mol. The van der Waals surface area contributed by atoms with E-state index >= 15 is 0 Å². The minimum absolute atomic E-state index is 0. The van der Waals surface area contributed by atoms with E-state index < -0.39 is 11.9 Å². The maximum Gasteiger partial charge on any atom is 2.00 e. The van der Waals surface area contributed by atoms with Crippen LogP contribution in [0.2, 0.25) is 0 Å². The van der Waals surface area contributed by atoms with Crippen LogP contribution in [-0.4, -0.2) is 17.0 Å². The molecule has 1 amide bonds. The molecular formula is C4H5Cl3NNaO3Zn. The van der Waals surface area contributed by atoms with Gasteiger partial charge in [-0.05, 0) is 0 Å². The van der Waals surface area contributed by atoms with Crippen LogP contribution in [-0.2, 0) is 29.1 Å². The number of carbonyl (C=O) groups is 2. The minimum Gasteiger partial charge on any atom is -1.00 e. The second-order valence-electron chi connectivity index (χ2n) is 1.07. The Balaban J connectivity index is -0.0000000245. The van der Waals surface area contributed by atoms with Gasteiger partial charge in [0.1, 0.15) is 0 Å². The maximum absolute atomic E-state index is 9.78. The van der Waals surface area contributed by atoms with Crippen LogP contribution in [0.25, 0.3) is 0 Å². The minimum atomic E-state index is -1.18. The van der Waals surface area contributed by atoms with Crippen molar-refractivity contribution in [1.82, 2.24) is 0 Å². The van der Waals surface area contributed by atoms with Gasteiger partial charge in [-0.1, -0.05) is 0 Å². The molecule has 0 aliphatic carbocycles. The van der Waals surface area contributed by atoms with Crippen molar-refractivity contribution < 1.29 is 101 Å². The van der Waals surface area contributed by atoms with Crippen molar-refractivity contribution in [2.75, 3.05) is 0 Å². The normalized spacial score (nSPS) is 5.85. The van der Waals surface area contributed by atoms with Crippen LogP contribution in [0.3, 0.4) is 0 Å². The van der Waals surface area contributed by atoms with Crippen LogP contribution in [0.1, 0.15) is 0 Å². The number of rotatable bonds is 2. The summed E-state index contributed by atoms with van der Waals surface area (Å²) >= 11 is 0. The zero-order valence-electron chi connectivity index (χ0n) is 6.84. The molecule has 0 saturated carbocycles. The number of hydrogen-bond donors (Lipinski definition) is 2. The van der Waals surface area contributed by atoms with Crippen LogP contribution in [0.15, 0.2) is 12.2 Å². The fourth-order valence-electron chi connectivity index (χ4n) is 0.153. The third kappa shape index (κ3) is 43.2. The number of carbonyl (C=O) groups excluding carboxylic acids is 1. The summed E-state index contributed by atoms with van der Waals surface area (Å²) in [6.45, 7) is 0. The van der Waals surface area contributed by atoms with Crippen molar-refractivity contribution in [3.63, 3.8) is 0 Å². The van der Waals surface area contributed by atoms with Crippen LogP contribution < -0.4 is 72.5 Å². The van der Waals surface area contributed by atoms with Crippen molar-refractivity contribution in [3.8, 4) is 0 Å². The molecule has 0 aliphatic heterocycles. The van der Waals surface area contributed by atoms with Crippen LogP contribution in [0.4, 0.5) is 0 Å². The summed E-state index contributed by atoms with van der Waals surface area (Å²) < 4.78 is 0. The van der Waals surface area contributed by atoms with Gasteiger partial charge in [-0.3, -0.25) is 4.79 Å². The topological polar surface area (TPSA) is 80.4 Å². The summed E-state index contributed by atoms with van der Waals surface area (Å²) in [7, 11) is 0. The standard InChI is InChI=1S/C4H5NO3.3ClH.Na.Zn/c5-3(6)1-2-4(7)8;;;;;/h1-2H,(H2,5,6)(H,7,8);3*1H;;/q;;;;+1;+2/p-3/b2-1-;;;;;. The first-order valence-electron chi connectivity index (χ1n) is 1.83. The molecule has 0 spiro atoms. The van der Waals surface area contributed by atoms with Crippen LogP contribution in [0, 0.1) is 0 Å². The molecule has 0 rings (SSSR count). The van der Waals surface area contributed by atoms with Gasteiger partial charge < -0.3 is 48.1 Å². The Bertz CT molecular complexity index is 142. The van der Waals surface area contributed by atoms with Gasteiger partial charge in [-0.25, -0.2) is 4.79 Å². The monoisotopic (exact) mass is 307 g/mol. The molecule has 0 aliphatic rings. The first-order valence-corrected chi connectivity index (χ1v) is 1.83. The Hall–Kier alpha value is 1.17. The molecule has 3 N–H and O–H groups in total. The zero-order valence-corrected chi connectivity index (χ0v) is 14.1. The molecule has 0 unspecified atom stereocenters. The number of amides is 1. The van der Waals surface area contributed by atoms with E-state index in [0.29, 0.717) is 6.08 Å². The molecule has 9 heteroatoms. The van der Waals surface area contributed by atoms with E-state index in [0.717, 1.165) is 6.08 Å². The van der Waals surface area contributed by atoms with Gasteiger partial charge in [0.2, 0.25) is 5.91 Å². The van der Waals surface area contributed by atoms with E-state index in [4.69, 9.17) is 5.11 Å². The van der Waals surface area contributed by atoms with Crippen molar-refractivity contribution in [1.29, 1.82) is 0 Å². The molecule has 13 heavy (non-hydrogen) atoms. The Morgan fingerprint density at radius 3 is 1.46 bits per heavy atom. The molecule has 0 aromatic rings. The molecule has 4 nitrogen and oxygen atoms in total. The molecular weight excluding hydrogens is 305 g/mol. The summed E-state index contributed by atoms with van der Waals surface area (Å²) in [6.07, 6.45) is 1.46. The summed E-state index contributed by atoms with van der Waals surface area (Å²) in [6, 6.07) is 0. The van der Waals surface area contributed by atoms with Crippen LogP contribution in [0.5, 0.6) is 0 Å². The quantitative estimate of drug-likeness (QED) is 0.393. The zero-order chi connectivity index (χ0) is 6.57.